The standard InChI is InChI=1S/C24H27BrN2O5S/c1-5-31-22(28)20-21-16-13-15(25)7-9-17(16)32-24(20,2)27(23(33)26-21)11-10-14-6-8-18(29-3)19(12-14)30-4/h6-9,12-13,20-21H,5,10-11H2,1-4H3,(H,26,33)/t20-,21+,24-/m0/s1. The molecule has 0 saturated carbocycles. The fourth-order valence-electron chi connectivity index (χ4n) is 4.61. The van der Waals surface area contributed by atoms with E-state index in [0.717, 1.165) is 21.3 Å². The topological polar surface area (TPSA) is 69.3 Å². The third kappa shape index (κ3) is 4.24. The summed E-state index contributed by atoms with van der Waals surface area (Å²) in [6.07, 6.45) is 0.661. The fraction of sp³-hybridized carbons (Fsp3) is 0.417. The Bertz CT molecular complexity index is 1080. The van der Waals surface area contributed by atoms with Crippen molar-refractivity contribution in [3.05, 3.63) is 52.0 Å². The minimum Gasteiger partial charge on any atom is -0.493 e. The van der Waals surface area contributed by atoms with Gasteiger partial charge in [0.25, 0.3) is 0 Å². The van der Waals surface area contributed by atoms with Crippen LogP contribution in [0.15, 0.2) is 40.9 Å². The molecule has 176 valence electrons. The fourth-order valence-corrected chi connectivity index (χ4v) is 5.39. The first-order chi connectivity index (χ1) is 15.8. The summed E-state index contributed by atoms with van der Waals surface area (Å²) >= 11 is 9.27. The van der Waals surface area contributed by atoms with Gasteiger partial charge in [0.2, 0.25) is 0 Å². The molecule has 0 radical (unpaired) electrons. The van der Waals surface area contributed by atoms with E-state index < -0.39 is 11.6 Å². The van der Waals surface area contributed by atoms with E-state index in [1.54, 1.807) is 21.1 Å². The van der Waals surface area contributed by atoms with Crippen LogP contribution in [0, 0.1) is 5.92 Å². The first-order valence-electron chi connectivity index (χ1n) is 10.8. The second-order valence-corrected chi connectivity index (χ2v) is 9.39. The van der Waals surface area contributed by atoms with Crippen LogP contribution in [-0.4, -0.2) is 49.1 Å². The molecule has 9 heteroatoms. The molecular weight excluding hydrogens is 508 g/mol. The Hall–Kier alpha value is -2.52. The van der Waals surface area contributed by atoms with Crippen LogP contribution in [0.25, 0.3) is 0 Å². The minimum absolute atomic E-state index is 0.291. The summed E-state index contributed by atoms with van der Waals surface area (Å²) in [5, 5.41) is 3.92. The Morgan fingerprint density at radius 3 is 2.67 bits per heavy atom. The first-order valence-corrected chi connectivity index (χ1v) is 12.0. The Kier molecular flexibility index (Phi) is 6.72. The molecule has 0 spiro atoms. The maximum Gasteiger partial charge on any atom is 0.317 e. The predicted octanol–water partition coefficient (Wildman–Crippen LogP) is 4.23. The van der Waals surface area contributed by atoms with Gasteiger partial charge in [-0.1, -0.05) is 22.0 Å². The highest BCUT2D eigenvalue weighted by Crippen LogP contribution is 2.49. The van der Waals surface area contributed by atoms with Crippen molar-refractivity contribution in [3.8, 4) is 17.2 Å². The molecule has 2 aliphatic rings. The summed E-state index contributed by atoms with van der Waals surface area (Å²) in [5.41, 5.74) is 0.923. The van der Waals surface area contributed by atoms with Gasteiger partial charge < -0.3 is 29.2 Å². The number of halogens is 1. The number of rotatable bonds is 7. The Balaban J connectivity index is 1.67. The molecule has 2 aliphatic heterocycles. The molecule has 0 amide bonds. The summed E-state index contributed by atoms with van der Waals surface area (Å²) in [6.45, 7) is 4.54. The van der Waals surface area contributed by atoms with Gasteiger partial charge in [0.1, 0.15) is 11.7 Å². The number of nitrogens with zero attached hydrogens (tertiary/aromatic N) is 1. The molecule has 4 rings (SSSR count). The predicted molar refractivity (Wildman–Crippen MR) is 132 cm³/mol. The van der Waals surface area contributed by atoms with Gasteiger partial charge in [0.05, 0.1) is 26.9 Å². The lowest BCUT2D eigenvalue weighted by atomic mass is 9.79. The van der Waals surface area contributed by atoms with E-state index >= 15 is 0 Å². The summed E-state index contributed by atoms with van der Waals surface area (Å²) in [7, 11) is 3.22. The lowest BCUT2D eigenvalue weighted by Crippen LogP contribution is -2.71. The lowest BCUT2D eigenvalue weighted by Gasteiger charge is -2.55. The highest BCUT2D eigenvalue weighted by atomic mass is 79.9. The zero-order valence-electron chi connectivity index (χ0n) is 19.0. The van der Waals surface area contributed by atoms with E-state index in [1.807, 2.05) is 48.2 Å². The largest absolute Gasteiger partial charge is 0.493 e. The van der Waals surface area contributed by atoms with Gasteiger partial charge in [-0.3, -0.25) is 4.79 Å². The van der Waals surface area contributed by atoms with E-state index in [4.69, 9.17) is 31.2 Å². The molecule has 1 saturated heterocycles. The summed E-state index contributed by atoms with van der Waals surface area (Å²) in [4.78, 5) is 15.1. The maximum absolute atomic E-state index is 13.1. The van der Waals surface area contributed by atoms with Gasteiger partial charge in [-0.05, 0) is 68.4 Å². The van der Waals surface area contributed by atoms with Crippen LogP contribution >= 0.6 is 28.1 Å². The zero-order valence-corrected chi connectivity index (χ0v) is 21.4. The SMILES string of the molecule is CCOC(=O)[C@@H]1[C@@H]2NC(=S)N(CCc3ccc(OC)c(OC)c3)[C@@]1(C)Oc1ccc(Br)cc12. The van der Waals surface area contributed by atoms with Crippen LogP contribution in [0.4, 0.5) is 0 Å². The molecule has 7 nitrogen and oxygen atoms in total. The van der Waals surface area contributed by atoms with Crippen LogP contribution < -0.4 is 19.5 Å². The number of benzene rings is 2. The molecule has 0 unspecified atom stereocenters. The molecule has 1 N–H and O–H groups in total. The second-order valence-electron chi connectivity index (χ2n) is 8.09. The van der Waals surface area contributed by atoms with Gasteiger partial charge >= 0.3 is 5.97 Å². The Labute approximate surface area is 207 Å². The monoisotopic (exact) mass is 534 g/mol. The smallest absolute Gasteiger partial charge is 0.317 e. The van der Waals surface area contributed by atoms with Crippen LogP contribution in [0.2, 0.25) is 0 Å². The average Bonchev–Trinajstić information content (AvgIpc) is 2.79. The van der Waals surface area contributed by atoms with E-state index in [1.165, 1.54) is 0 Å². The highest BCUT2D eigenvalue weighted by Gasteiger charge is 2.59. The molecule has 33 heavy (non-hydrogen) atoms. The van der Waals surface area contributed by atoms with E-state index in [9.17, 15) is 4.79 Å². The average molecular weight is 535 g/mol. The molecule has 2 aromatic carbocycles. The van der Waals surface area contributed by atoms with Crippen molar-refractivity contribution in [1.29, 1.82) is 0 Å². The number of fused-ring (bicyclic) bond motifs is 4. The van der Waals surface area contributed by atoms with E-state index in [0.29, 0.717) is 36.2 Å². The van der Waals surface area contributed by atoms with Gasteiger partial charge in [0, 0.05) is 16.6 Å². The summed E-state index contributed by atoms with van der Waals surface area (Å²) < 4.78 is 23.6. The molecule has 1 fully saturated rings. The number of thiocarbonyl (C=S) groups is 1. The third-order valence-corrected chi connectivity index (χ3v) is 7.04. The van der Waals surface area contributed by atoms with Gasteiger partial charge in [0.15, 0.2) is 22.3 Å². The Morgan fingerprint density at radius 2 is 1.97 bits per heavy atom. The van der Waals surface area contributed by atoms with Crippen molar-refractivity contribution in [2.45, 2.75) is 32.0 Å². The first kappa shape index (κ1) is 23.6. The molecule has 2 bridgehead atoms. The number of carbonyl (C=O) groups excluding carboxylic acids is 1. The second kappa shape index (κ2) is 9.38. The van der Waals surface area contributed by atoms with Crippen LogP contribution in [0.3, 0.4) is 0 Å². The molecular formula is C24H27BrN2O5S. The number of ether oxygens (including phenoxy) is 4. The van der Waals surface area contributed by atoms with Crippen molar-refractivity contribution in [3.63, 3.8) is 0 Å². The van der Waals surface area contributed by atoms with Crippen molar-refractivity contribution in [1.82, 2.24) is 10.2 Å². The van der Waals surface area contributed by atoms with Gasteiger partial charge in [-0.15, -0.1) is 0 Å². The van der Waals surface area contributed by atoms with Crippen molar-refractivity contribution in [2.24, 2.45) is 5.92 Å². The number of esters is 1. The summed E-state index contributed by atoms with van der Waals surface area (Å²) in [6, 6.07) is 11.3. The number of methoxy groups -OCH3 is 2. The summed E-state index contributed by atoms with van der Waals surface area (Å²) in [5.74, 6) is 1.14. The molecule has 2 aromatic rings. The maximum atomic E-state index is 13.1. The minimum atomic E-state index is -1.00. The van der Waals surface area contributed by atoms with Crippen molar-refractivity contribution in [2.75, 3.05) is 27.4 Å². The number of hydrogen-bond acceptors (Lipinski definition) is 6. The molecule has 3 atom stereocenters. The van der Waals surface area contributed by atoms with Crippen LogP contribution in [0.5, 0.6) is 17.2 Å². The van der Waals surface area contributed by atoms with Crippen molar-refractivity contribution >= 4 is 39.2 Å². The van der Waals surface area contributed by atoms with Gasteiger partial charge in [-0.25, -0.2) is 0 Å². The van der Waals surface area contributed by atoms with E-state index in [-0.39, 0.29) is 12.0 Å². The van der Waals surface area contributed by atoms with E-state index in [2.05, 4.69) is 21.2 Å². The molecule has 0 aromatic heterocycles. The van der Waals surface area contributed by atoms with Crippen LogP contribution in [-0.2, 0) is 16.0 Å². The number of nitrogens with one attached hydrogen (secondary N) is 1. The highest BCUT2D eigenvalue weighted by molar-refractivity contribution is 9.10. The zero-order chi connectivity index (χ0) is 23.8. The van der Waals surface area contributed by atoms with Gasteiger partial charge in [-0.2, -0.15) is 0 Å². The normalized spacial score (nSPS) is 23.2. The Morgan fingerprint density at radius 1 is 1.21 bits per heavy atom. The number of hydrogen-bond donors (Lipinski definition) is 1. The molecule has 2 heterocycles. The quantitative estimate of drug-likeness (QED) is 0.418. The third-order valence-electron chi connectivity index (χ3n) is 6.21. The van der Waals surface area contributed by atoms with Crippen molar-refractivity contribution < 1.29 is 23.7 Å². The number of carbonyl (C=O) groups is 1. The molecule has 0 aliphatic carbocycles. The van der Waals surface area contributed by atoms with Crippen LogP contribution in [0.1, 0.15) is 31.0 Å². The lowest BCUT2D eigenvalue weighted by molar-refractivity contribution is -0.175.